The van der Waals surface area contributed by atoms with Gasteiger partial charge in [0.2, 0.25) is 10.0 Å². The van der Waals surface area contributed by atoms with Gasteiger partial charge in [0.25, 0.3) is 0 Å². The molecule has 0 saturated carbocycles. The van der Waals surface area contributed by atoms with E-state index in [1.807, 2.05) is 6.92 Å². The summed E-state index contributed by atoms with van der Waals surface area (Å²) in [6, 6.07) is 6.64. The zero-order chi connectivity index (χ0) is 14.6. The van der Waals surface area contributed by atoms with Gasteiger partial charge in [-0.25, -0.2) is 13.1 Å². The Labute approximate surface area is 119 Å². The van der Waals surface area contributed by atoms with E-state index in [0.29, 0.717) is 25.2 Å². The van der Waals surface area contributed by atoms with Crippen molar-refractivity contribution >= 4 is 10.0 Å². The van der Waals surface area contributed by atoms with Gasteiger partial charge in [-0.3, -0.25) is 0 Å². The van der Waals surface area contributed by atoms with Crippen LogP contribution in [0.1, 0.15) is 18.9 Å². The summed E-state index contributed by atoms with van der Waals surface area (Å²) in [7, 11) is -3.64. The fourth-order valence-electron chi connectivity index (χ4n) is 2.08. The highest BCUT2D eigenvalue weighted by Gasteiger charge is 2.35. The quantitative estimate of drug-likeness (QED) is 0.793. The van der Waals surface area contributed by atoms with Crippen molar-refractivity contribution in [2.45, 2.75) is 23.8 Å². The van der Waals surface area contributed by atoms with Crippen LogP contribution in [0, 0.1) is 11.8 Å². The maximum Gasteiger partial charge on any atom is 0.242 e. The monoisotopic (exact) mass is 294 g/mol. The summed E-state index contributed by atoms with van der Waals surface area (Å²) in [5.74, 6) is 5.47. The van der Waals surface area contributed by atoms with Crippen molar-refractivity contribution in [2.24, 2.45) is 5.73 Å². The maximum atomic E-state index is 12.5. The minimum atomic E-state index is -3.64. The molecule has 0 aromatic heterocycles. The summed E-state index contributed by atoms with van der Waals surface area (Å²) in [6.45, 7) is 2.97. The van der Waals surface area contributed by atoms with Gasteiger partial charge >= 0.3 is 0 Å². The van der Waals surface area contributed by atoms with Crippen LogP contribution >= 0.6 is 0 Å². The summed E-state index contributed by atoms with van der Waals surface area (Å²) in [5.41, 5.74) is 5.22. The molecule has 20 heavy (non-hydrogen) atoms. The van der Waals surface area contributed by atoms with Crippen molar-refractivity contribution in [3.05, 3.63) is 29.8 Å². The minimum absolute atomic E-state index is 0.175. The standard InChI is InChI=1S/C14H18N2O3S/c1-14(8-10-19-11-14)16-20(17,18)13-7-3-2-5-12(13)6-4-9-15/h2-3,5,7,16H,8-11,15H2,1H3. The molecule has 3 N–H and O–H groups in total. The van der Waals surface area contributed by atoms with E-state index in [2.05, 4.69) is 16.6 Å². The van der Waals surface area contributed by atoms with Crippen molar-refractivity contribution < 1.29 is 13.2 Å². The van der Waals surface area contributed by atoms with Crippen LogP contribution < -0.4 is 10.5 Å². The van der Waals surface area contributed by atoms with Crippen LogP contribution in [0.25, 0.3) is 0 Å². The Kier molecular flexibility index (Phi) is 4.45. The van der Waals surface area contributed by atoms with Gasteiger partial charge in [-0.05, 0) is 25.5 Å². The highest BCUT2D eigenvalue weighted by atomic mass is 32.2. The van der Waals surface area contributed by atoms with Gasteiger partial charge in [0.15, 0.2) is 0 Å². The van der Waals surface area contributed by atoms with Gasteiger partial charge in [-0.15, -0.1) is 0 Å². The summed E-state index contributed by atoms with van der Waals surface area (Å²) in [5, 5.41) is 0. The molecule has 0 radical (unpaired) electrons. The second kappa shape index (κ2) is 5.94. The third kappa shape index (κ3) is 3.38. The number of ether oxygens (including phenoxy) is 1. The average molecular weight is 294 g/mol. The molecule has 0 bridgehead atoms. The van der Waals surface area contributed by atoms with E-state index < -0.39 is 15.6 Å². The van der Waals surface area contributed by atoms with Gasteiger partial charge in [-0.1, -0.05) is 24.0 Å². The molecule has 1 aliphatic heterocycles. The second-order valence-electron chi connectivity index (χ2n) is 4.97. The lowest BCUT2D eigenvalue weighted by Crippen LogP contribution is -2.46. The molecule has 0 aliphatic carbocycles. The highest BCUT2D eigenvalue weighted by Crippen LogP contribution is 2.22. The molecule has 1 atom stereocenters. The largest absolute Gasteiger partial charge is 0.379 e. The number of sulfonamides is 1. The van der Waals surface area contributed by atoms with E-state index in [0.717, 1.165) is 0 Å². The Bertz CT molecular complexity index is 638. The Hall–Kier alpha value is -1.39. The van der Waals surface area contributed by atoms with Gasteiger partial charge in [0.05, 0.1) is 23.6 Å². The van der Waals surface area contributed by atoms with Gasteiger partial charge in [0.1, 0.15) is 0 Å². The number of nitrogens with two attached hydrogens (primary N) is 1. The molecule has 2 rings (SSSR count). The second-order valence-corrected chi connectivity index (χ2v) is 6.62. The first kappa shape index (κ1) is 15.0. The lowest BCUT2D eigenvalue weighted by molar-refractivity contribution is 0.178. The van der Waals surface area contributed by atoms with Crippen molar-refractivity contribution in [3.8, 4) is 11.8 Å². The summed E-state index contributed by atoms with van der Waals surface area (Å²) < 4.78 is 33.0. The first-order valence-corrected chi connectivity index (χ1v) is 7.85. The van der Waals surface area contributed by atoms with Crippen LogP contribution in [-0.4, -0.2) is 33.7 Å². The van der Waals surface area contributed by atoms with Crippen LogP contribution in [0.4, 0.5) is 0 Å². The molecular formula is C14H18N2O3S. The van der Waals surface area contributed by atoms with E-state index in [9.17, 15) is 8.42 Å². The molecule has 1 aromatic carbocycles. The van der Waals surface area contributed by atoms with E-state index in [4.69, 9.17) is 10.5 Å². The lowest BCUT2D eigenvalue weighted by Gasteiger charge is -2.23. The van der Waals surface area contributed by atoms with E-state index >= 15 is 0 Å². The van der Waals surface area contributed by atoms with Crippen molar-refractivity contribution in [3.63, 3.8) is 0 Å². The van der Waals surface area contributed by atoms with Crippen LogP contribution in [0.2, 0.25) is 0 Å². The molecule has 6 heteroatoms. The van der Waals surface area contributed by atoms with Crippen molar-refractivity contribution in [1.82, 2.24) is 4.72 Å². The maximum absolute atomic E-state index is 12.5. The summed E-state index contributed by atoms with van der Waals surface area (Å²) in [4.78, 5) is 0.175. The Morgan fingerprint density at radius 1 is 1.45 bits per heavy atom. The molecule has 1 aliphatic rings. The van der Waals surface area contributed by atoms with Crippen molar-refractivity contribution in [1.29, 1.82) is 0 Å². The summed E-state index contributed by atoms with van der Waals surface area (Å²) in [6.07, 6.45) is 0.656. The molecule has 108 valence electrons. The van der Waals surface area contributed by atoms with E-state index in [1.54, 1.807) is 24.3 Å². The van der Waals surface area contributed by atoms with Gasteiger partial charge in [-0.2, -0.15) is 0 Å². The SMILES string of the molecule is CC1(NS(=O)(=O)c2ccccc2C#CCN)CCOC1. The Morgan fingerprint density at radius 3 is 2.85 bits per heavy atom. The first-order valence-electron chi connectivity index (χ1n) is 6.37. The molecule has 1 unspecified atom stereocenters. The number of benzene rings is 1. The van der Waals surface area contributed by atoms with E-state index in [-0.39, 0.29) is 11.4 Å². The molecule has 1 fully saturated rings. The third-order valence-electron chi connectivity index (χ3n) is 3.10. The first-order chi connectivity index (χ1) is 9.47. The predicted octanol–water partition coefficient (Wildman–Crippen LogP) is 0.454. The van der Waals surface area contributed by atoms with Crippen LogP contribution in [-0.2, 0) is 14.8 Å². The normalized spacial score (nSPS) is 22.3. The Morgan fingerprint density at radius 2 is 2.20 bits per heavy atom. The molecule has 5 nitrogen and oxygen atoms in total. The zero-order valence-electron chi connectivity index (χ0n) is 11.3. The average Bonchev–Trinajstić information content (AvgIpc) is 2.82. The van der Waals surface area contributed by atoms with Crippen LogP contribution in [0.5, 0.6) is 0 Å². The fourth-order valence-corrected chi connectivity index (χ4v) is 3.66. The van der Waals surface area contributed by atoms with Crippen LogP contribution in [0.3, 0.4) is 0 Å². The number of hydrogen-bond acceptors (Lipinski definition) is 4. The number of nitrogens with one attached hydrogen (secondary N) is 1. The predicted molar refractivity (Wildman–Crippen MR) is 76.5 cm³/mol. The third-order valence-corrected chi connectivity index (χ3v) is 4.80. The van der Waals surface area contributed by atoms with E-state index in [1.165, 1.54) is 0 Å². The smallest absolute Gasteiger partial charge is 0.242 e. The highest BCUT2D eigenvalue weighted by molar-refractivity contribution is 7.89. The topological polar surface area (TPSA) is 81.4 Å². The number of rotatable bonds is 3. The fraction of sp³-hybridized carbons (Fsp3) is 0.429. The zero-order valence-corrected chi connectivity index (χ0v) is 12.2. The van der Waals surface area contributed by atoms with Crippen molar-refractivity contribution in [2.75, 3.05) is 19.8 Å². The van der Waals surface area contributed by atoms with Crippen LogP contribution in [0.15, 0.2) is 29.2 Å². The lowest BCUT2D eigenvalue weighted by atomic mass is 10.0. The molecule has 1 saturated heterocycles. The summed E-state index contributed by atoms with van der Waals surface area (Å²) >= 11 is 0. The number of hydrogen-bond donors (Lipinski definition) is 2. The molecule has 1 aromatic rings. The van der Waals surface area contributed by atoms with Gasteiger partial charge < -0.3 is 10.5 Å². The molecule has 1 heterocycles. The minimum Gasteiger partial charge on any atom is -0.379 e. The molecule has 0 spiro atoms. The molecular weight excluding hydrogens is 276 g/mol. The molecule has 0 amide bonds. The Balaban J connectivity index is 2.34. The van der Waals surface area contributed by atoms with Gasteiger partial charge in [0, 0.05) is 12.2 Å².